The SMILES string of the molecule is CCOP(=O)(OCC)C1CC[C@H]([C@H]2O[C@@H](n3ccc(NC(C)=O)nc3=O)[C@@H]([Si](C)(C)C(C)(C)C)[C@@H]2[Si](C)(C)C(C)(C)C)OC1=O. The molecular weight excluding hydrogens is 630 g/mol. The minimum absolute atomic E-state index is 0.0188. The Bertz CT molecular complexity index is 1340. The molecule has 2 saturated heterocycles. The summed E-state index contributed by atoms with van der Waals surface area (Å²) in [6.07, 6.45) is 0.648. The second-order valence-electron chi connectivity index (χ2n) is 15.6. The van der Waals surface area contributed by atoms with E-state index in [9.17, 15) is 18.9 Å². The van der Waals surface area contributed by atoms with Crippen LogP contribution in [0.25, 0.3) is 0 Å². The van der Waals surface area contributed by atoms with Crippen LogP contribution in [-0.4, -0.2) is 68.7 Å². The van der Waals surface area contributed by atoms with Crippen LogP contribution in [-0.2, 0) is 32.7 Å². The fraction of sp³-hybridized carbons (Fsp3) is 0.806. The van der Waals surface area contributed by atoms with Gasteiger partial charge < -0.3 is 23.8 Å². The van der Waals surface area contributed by atoms with Gasteiger partial charge in [-0.3, -0.25) is 18.7 Å². The highest BCUT2D eigenvalue weighted by atomic mass is 31.2. The number of esters is 1. The topological polar surface area (TPSA) is 135 Å². The number of cyclic esters (lactones) is 1. The van der Waals surface area contributed by atoms with Gasteiger partial charge in [0.05, 0.1) is 35.5 Å². The van der Waals surface area contributed by atoms with Gasteiger partial charge in [0.1, 0.15) is 18.1 Å². The standard InChI is InChI=1S/C31H56N3O8PSi2/c1-14-39-43(38,40-15-2)22-17-16-21(41-28(22)36)24-25(44(10,11)30(4,5)6)26(45(12,13)31(7,8)9)27(42-24)34-19-18-23(32-20(3)35)33-29(34)37/h18-19,21-22,24-27H,14-17H2,1-13H3,(H,32,33,35,37)/t21-,22?,24-,25-,26+,27-/m1/s1. The summed E-state index contributed by atoms with van der Waals surface area (Å²) in [5.41, 5.74) is -1.52. The van der Waals surface area contributed by atoms with Gasteiger partial charge in [0, 0.05) is 18.7 Å². The van der Waals surface area contributed by atoms with E-state index in [1.54, 1.807) is 30.7 Å². The first kappa shape index (κ1) is 37.8. The van der Waals surface area contributed by atoms with E-state index in [1.807, 2.05) is 0 Å². The zero-order valence-electron chi connectivity index (χ0n) is 29.6. The van der Waals surface area contributed by atoms with Gasteiger partial charge in [0.15, 0.2) is 5.66 Å². The van der Waals surface area contributed by atoms with Crippen molar-refractivity contribution in [2.24, 2.45) is 0 Å². The summed E-state index contributed by atoms with van der Waals surface area (Å²) in [4.78, 5) is 43.0. The predicted octanol–water partition coefficient (Wildman–Crippen LogP) is 7.20. The maximum absolute atomic E-state index is 13.6. The Morgan fingerprint density at radius 3 is 1.98 bits per heavy atom. The van der Waals surface area contributed by atoms with Crippen molar-refractivity contribution in [1.82, 2.24) is 9.55 Å². The minimum Gasteiger partial charge on any atom is -0.459 e. The van der Waals surface area contributed by atoms with Gasteiger partial charge in [0.25, 0.3) is 0 Å². The number of anilines is 1. The van der Waals surface area contributed by atoms with Crippen molar-refractivity contribution in [3.63, 3.8) is 0 Å². The van der Waals surface area contributed by atoms with Crippen LogP contribution in [0.15, 0.2) is 17.1 Å². The largest absolute Gasteiger partial charge is 0.459 e. The van der Waals surface area contributed by atoms with E-state index in [1.165, 1.54) is 6.92 Å². The molecule has 1 unspecified atom stereocenters. The second-order valence-corrected chi connectivity index (χ2v) is 29.1. The quantitative estimate of drug-likeness (QED) is 0.154. The van der Waals surface area contributed by atoms with Crippen LogP contribution in [0.3, 0.4) is 0 Å². The minimum atomic E-state index is -3.71. The van der Waals surface area contributed by atoms with Crippen LogP contribution in [0.5, 0.6) is 0 Å². The second kappa shape index (κ2) is 13.5. The van der Waals surface area contributed by atoms with E-state index in [0.717, 1.165) is 0 Å². The van der Waals surface area contributed by atoms with Crippen molar-refractivity contribution in [1.29, 1.82) is 0 Å². The Labute approximate surface area is 271 Å². The molecule has 256 valence electrons. The molecule has 0 saturated carbocycles. The van der Waals surface area contributed by atoms with Crippen molar-refractivity contribution >= 4 is 41.4 Å². The fourth-order valence-corrected chi connectivity index (χ4v) is 17.3. The number of ether oxygens (including phenoxy) is 2. The number of hydrogen-bond acceptors (Lipinski definition) is 9. The van der Waals surface area contributed by atoms with Crippen LogP contribution >= 0.6 is 7.60 Å². The van der Waals surface area contributed by atoms with Crippen LogP contribution < -0.4 is 11.0 Å². The third kappa shape index (κ3) is 7.43. The lowest BCUT2D eigenvalue weighted by Gasteiger charge is -2.52. The highest BCUT2D eigenvalue weighted by Gasteiger charge is 2.65. The van der Waals surface area contributed by atoms with E-state index in [4.69, 9.17) is 18.5 Å². The molecule has 2 aliphatic rings. The molecule has 14 heteroatoms. The molecule has 0 aromatic carbocycles. The summed E-state index contributed by atoms with van der Waals surface area (Å²) in [5, 5.41) is 2.49. The van der Waals surface area contributed by atoms with Crippen molar-refractivity contribution < 1.29 is 32.7 Å². The normalized spacial score (nSPS) is 26.9. The molecule has 1 aromatic heterocycles. The first-order valence-corrected chi connectivity index (χ1v) is 23.9. The van der Waals surface area contributed by atoms with Crippen molar-refractivity contribution in [2.45, 2.75) is 147 Å². The molecule has 0 radical (unpaired) electrons. The molecule has 2 fully saturated rings. The molecule has 45 heavy (non-hydrogen) atoms. The molecule has 0 spiro atoms. The van der Waals surface area contributed by atoms with E-state index >= 15 is 0 Å². The number of rotatable bonds is 10. The smallest absolute Gasteiger partial charge is 0.351 e. The summed E-state index contributed by atoms with van der Waals surface area (Å²) in [6, 6.07) is 1.62. The average molecular weight is 686 g/mol. The number of hydrogen-bond donors (Lipinski definition) is 1. The number of aromatic nitrogens is 2. The van der Waals surface area contributed by atoms with Crippen molar-refractivity contribution in [2.75, 3.05) is 18.5 Å². The number of amides is 1. The summed E-state index contributed by atoms with van der Waals surface area (Å²) in [6.45, 7) is 28.2. The summed E-state index contributed by atoms with van der Waals surface area (Å²) in [5.74, 6) is -0.729. The predicted molar refractivity (Wildman–Crippen MR) is 182 cm³/mol. The molecule has 2 aliphatic heterocycles. The maximum Gasteiger partial charge on any atom is 0.351 e. The Hall–Kier alpha value is -1.64. The van der Waals surface area contributed by atoms with Crippen LogP contribution in [0, 0.1) is 0 Å². The van der Waals surface area contributed by atoms with Crippen LogP contribution in [0.1, 0.15) is 81.4 Å². The molecule has 11 nitrogen and oxygen atoms in total. The highest BCUT2D eigenvalue weighted by molar-refractivity contribution is 7.55. The zero-order chi connectivity index (χ0) is 34.3. The van der Waals surface area contributed by atoms with Gasteiger partial charge in [-0.2, -0.15) is 4.98 Å². The Morgan fingerprint density at radius 1 is 1.00 bits per heavy atom. The molecule has 1 aromatic rings. The van der Waals surface area contributed by atoms with Gasteiger partial charge in [-0.15, -0.1) is 0 Å². The van der Waals surface area contributed by atoms with Crippen molar-refractivity contribution in [3.8, 4) is 0 Å². The highest BCUT2D eigenvalue weighted by Crippen LogP contribution is 2.66. The van der Waals surface area contributed by atoms with Gasteiger partial charge >= 0.3 is 19.3 Å². The first-order chi connectivity index (χ1) is 20.5. The molecule has 3 heterocycles. The van der Waals surface area contributed by atoms with E-state index in [2.05, 4.69) is 78.0 Å². The lowest BCUT2D eigenvalue weighted by Crippen LogP contribution is -2.55. The number of carbonyl (C=O) groups excluding carboxylic acids is 2. The fourth-order valence-electron chi connectivity index (χ4n) is 6.61. The van der Waals surface area contributed by atoms with E-state index in [0.29, 0.717) is 6.42 Å². The summed E-state index contributed by atoms with van der Waals surface area (Å²) in [7, 11) is -8.28. The molecular formula is C31H56N3O8PSi2. The van der Waals surface area contributed by atoms with Gasteiger partial charge in [-0.1, -0.05) is 67.7 Å². The number of nitrogens with zero attached hydrogens (tertiary/aromatic N) is 2. The molecule has 0 bridgehead atoms. The van der Waals surface area contributed by atoms with Gasteiger partial charge in [-0.05, 0) is 48.4 Å². The van der Waals surface area contributed by atoms with Gasteiger partial charge in [-0.25, -0.2) is 4.79 Å². The monoisotopic (exact) mass is 685 g/mol. The molecule has 3 rings (SSSR count). The molecule has 6 atom stereocenters. The van der Waals surface area contributed by atoms with Crippen LogP contribution in [0.4, 0.5) is 5.82 Å². The Kier molecular flexibility index (Phi) is 11.3. The lowest BCUT2D eigenvalue weighted by atomic mass is 10.0. The lowest BCUT2D eigenvalue weighted by molar-refractivity contribution is -0.165. The summed E-state index contributed by atoms with van der Waals surface area (Å²) < 4.78 is 39.4. The Morgan fingerprint density at radius 2 is 1.53 bits per heavy atom. The number of carbonyl (C=O) groups is 2. The maximum atomic E-state index is 13.6. The molecule has 0 aliphatic carbocycles. The average Bonchev–Trinajstić information content (AvgIpc) is 3.29. The molecule has 1 N–H and O–H groups in total. The molecule has 1 amide bonds. The van der Waals surface area contributed by atoms with Crippen LogP contribution in [0.2, 0.25) is 47.3 Å². The third-order valence-corrected chi connectivity index (χ3v) is 26.1. The first-order valence-electron chi connectivity index (χ1n) is 16.1. The Balaban J connectivity index is 2.19. The summed E-state index contributed by atoms with van der Waals surface area (Å²) >= 11 is 0. The number of nitrogens with one attached hydrogen (secondary N) is 1. The third-order valence-electron chi connectivity index (χ3n) is 10.9. The van der Waals surface area contributed by atoms with Gasteiger partial charge in [0.2, 0.25) is 5.91 Å². The van der Waals surface area contributed by atoms with E-state index in [-0.39, 0.29) is 52.5 Å². The zero-order valence-corrected chi connectivity index (χ0v) is 32.4. The van der Waals surface area contributed by atoms with E-state index < -0.39 is 59.5 Å². The van der Waals surface area contributed by atoms with Crippen molar-refractivity contribution in [3.05, 3.63) is 22.7 Å².